The van der Waals surface area contributed by atoms with Crippen LogP contribution < -0.4 is 0 Å². The van der Waals surface area contributed by atoms with Gasteiger partial charge in [0.05, 0.1) is 7.05 Å². The maximum absolute atomic E-state index is 11.9. The van der Waals surface area contributed by atoms with Crippen molar-refractivity contribution in [1.29, 1.82) is 0 Å². The molecule has 0 bridgehead atoms. The van der Waals surface area contributed by atoms with Gasteiger partial charge in [-0.05, 0) is 5.21 Å². The van der Waals surface area contributed by atoms with Crippen LogP contribution in [0, 0.1) is 0 Å². The van der Waals surface area contributed by atoms with E-state index in [9.17, 15) is 12.3 Å². The fourth-order valence-corrected chi connectivity index (χ4v) is 0.714. The van der Waals surface area contributed by atoms with Crippen LogP contribution in [-0.4, -0.2) is 28.6 Å². The largest absolute Gasteiger partial charge is 0.371 e. The number of rotatable bonds is 1. The summed E-state index contributed by atoms with van der Waals surface area (Å²) < 4.78 is 31.9. The van der Waals surface area contributed by atoms with Gasteiger partial charge in [0.15, 0.2) is 0 Å². The first-order valence-electron chi connectivity index (χ1n) is 2.19. The van der Waals surface area contributed by atoms with Gasteiger partial charge in [0.1, 0.15) is 0 Å². The monoisotopic (exact) mass is 166 g/mol. The van der Waals surface area contributed by atoms with Gasteiger partial charge in [0, 0.05) is 0 Å². The maximum atomic E-state index is 11.9. The van der Waals surface area contributed by atoms with Crippen molar-refractivity contribution in [3.8, 4) is 0 Å². The molecule has 8 heteroatoms. The molecule has 0 aliphatic carbocycles. The van der Waals surface area contributed by atoms with Gasteiger partial charge in [-0.15, -0.1) is 5.10 Å². The van der Waals surface area contributed by atoms with Gasteiger partial charge in [0.2, 0.25) is 0 Å². The Bertz CT molecular complexity index is 329. The van der Waals surface area contributed by atoms with Crippen molar-refractivity contribution in [3.05, 3.63) is 0 Å². The number of hydrogen-bond acceptors (Lipinski definition) is 5. The lowest BCUT2D eigenvalue weighted by Gasteiger charge is -1.79. The van der Waals surface area contributed by atoms with Crippen molar-refractivity contribution in [2.24, 2.45) is 7.05 Å². The predicted molar refractivity (Wildman–Crippen MR) is 27.1 cm³/mol. The molecule has 0 unspecified atom stereocenters. The standard InChI is InChI=1S/C2H3FN4O2S/c1-7-5-2(4-6-7)10(3,8)9/h1H3. The van der Waals surface area contributed by atoms with Crippen LogP contribution in [0.2, 0.25) is 0 Å². The van der Waals surface area contributed by atoms with Gasteiger partial charge in [-0.1, -0.05) is 8.98 Å². The summed E-state index contributed by atoms with van der Waals surface area (Å²) in [5.74, 6) is 0. The Morgan fingerprint density at radius 3 is 2.40 bits per heavy atom. The summed E-state index contributed by atoms with van der Waals surface area (Å²) in [5.41, 5.74) is 0. The molecule has 6 nitrogen and oxygen atoms in total. The van der Waals surface area contributed by atoms with Crippen LogP contribution in [0.15, 0.2) is 5.16 Å². The summed E-state index contributed by atoms with van der Waals surface area (Å²) in [6, 6.07) is 0. The summed E-state index contributed by atoms with van der Waals surface area (Å²) in [5, 5.41) is 8.25. The Kier molecular flexibility index (Phi) is 1.39. The molecule has 0 fully saturated rings. The van der Waals surface area contributed by atoms with Crippen molar-refractivity contribution in [3.63, 3.8) is 0 Å². The van der Waals surface area contributed by atoms with Gasteiger partial charge >= 0.3 is 15.4 Å². The van der Waals surface area contributed by atoms with Crippen LogP contribution in [0.5, 0.6) is 0 Å². The number of aromatic nitrogens is 4. The zero-order chi connectivity index (χ0) is 7.78. The molecule has 1 rings (SSSR count). The lowest BCUT2D eigenvalue weighted by atomic mass is 11.4. The van der Waals surface area contributed by atoms with E-state index in [1.54, 1.807) is 0 Å². The fourth-order valence-electron chi connectivity index (χ4n) is 0.364. The molecule has 0 N–H and O–H groups in total. The van der Waals surface area contributed by atoms with Crippen LogP contribution >= 0.6 is 0 Å². The van der Waals surface area contributed by atoms with E-state index < -0.39 is 15.4 Å². The zero-order valence-corrected chi connectivity index (χ0v) is 5.71. The van der Waals surface area contributed by atoms with E-state index in [1.165, 1.54) is 7.05 Å². The van der Waals surface area contributed by atoms with Gasteiger partial charge in [-0.3, -0.25) is 0 Å². The third kappa shape index (κ3) is 1.26. The molecule has 10 heavy (non-hydrogen) atoms. The molecule has 0 saturated carbocycles. The topological polar surface area (TPSA) is 77.7 Å². The van der Waals surface area contributed by atoms with Crippen molar-refractivity contribution in [2.75, 3.05) is 0 Å². The van der Waals surface area contributed by atoms with Crippen LogP contribution in [0.25, 0.3) is 0 Å². The van der Waals surface area contributed by atoms with Crippen LogP contribution in [0.4, 0.5) is 3.89 Å². The second-order valence-corrected chi connectivity index (χ2v) is 2.74. The molecule has 56 valence electrons. The van der Waals surface area contributed by atoms with E-state index in [4.69, 9.17) is 0 Å². The van der Waals surface area contributed by atoms with Crippen molar-refractivity contribution in [1.82, 2.24) is 20.2 Å². The zero-order valence-electron chi connectivity index (χ0n) is 4.89. The van der Waals surface area contributed by atoms with Crippen LogP contribution in [0.3, 0.4) is 0 Å². The van der Waals surface area contributed by atoms with Gasteiger partial charge in [0.25, 0.3) is 0 Å². The molecule has 0 aliphatic heterocycles. The summed E-state index contributed by atoms with van der Waals surface area (Å²) in [6.45, 7) is 0. The molecule has 0 aromatic carbocycles. The lowest BCUT2D eigenvalue weighted by molar-refractivity contribution is 0.539. The van der Waals surface area contributed by atoms with E-state index >= 15 is 0 Å². The van der Waals surface area contributed by atoms with E-state index in [0.29, 0.717) is 0 Å². The smallest absolute Gasteiger partial charge is 0.186 e. The number of hydrogen-bond donors (Lipinski definition) is 0. The van der Waals surface area contributed by atoms with Crippen LogP contribution in [-0.2, 0) is 17.3 Å². The first-order valence-corrected chi connectivity index (χ1v) is 3.57. The third-order valence-corrected chi connectivity index (χ3v) is 1.31. The highest BCUT2D eigenvalue weighted by Crippen LogP contribution is 2.00. The summed E-state index contributed by atoms with van der Waals surface area (Å²) >= 11 is 0. The highest BCUT2D eigenvalue weighted by Gasteiger charge is 2.17. The summed E-state index contributed by atoms with van der Waals surface area (Å²) in [7, 11) is -3.45. The van der Waals surface area contributed by atoms with Crippen molar-refractivity contribution < 1.29 is 12.3 Å². The molecule has 0 saturated heterocycles. The molecule has 1 aromatic rings. The summed E-state index contributed by atoms with van der Waals surface area (Å²) in [4.78, 5) is 0.854. The number of nitrogens with zero attached hydrogens (tertiary/aromatic N) is 4. The minimum absolute atomic E-state index is 0.854. The fraction of sp³-hybridized carbons (Fsp3) is 0.500. The number of aryl methyl sites for hydroxylation is 1. The molecular formula is C2H3FN4O2S. The predicted octanol–water partition coefficient (Wildman–Crippen LogP) is -1.13. The Morgan fingerprint density at radius 2 is 2.20 bits per heavy atom. The lowest BCUT2D eigenvalue weighted by Crippen LogP contribution is -1.96. The number of tetrazole rings is 1. The molecule has 0 aliphatic rings. The van der Waals surface area contributed by atoms with Gasteiger partial charge < -0.3 is 0 Å². The van der Waals surface area contributed by atoms with E-state index in [1.807, 2.05) is 0 Å². The molecule has 0 amide bonds. The highest BCUT2D eigenvalue weighted by atomic mass is 32.3. The minimum Gasteiger partial charge on any atom is -0.186 e. The maximum Gasteiger partial charge on any atom is 0.371 e. The van der Waals surface area contributed by atoms with Crippen molar-refractivity contribution >= 4 is 10.2 Å². The minimum atomic E-state index is -4.79. The quantitative estimate of drug-likeness (QED) is 0.493. The normalized spacial score (nSPS) is 11.8. The average Bonchev–Trinajstić information content (AvgIpc) is 2.11. The Balaban J connectivity index is 3.21. The third-order valence-electron chi connectivity index (χ3n) is 0.708. The average molecular weight is 166 g/mol. The molecule has 0 radical (unpaired) electrons. The summed E-state index contributed by atoms with van der Waals surface area (Å²) in [6.07, 6.45) is 0. The van der Waals surface area contributed by atoms with E-state index in [0.717, 1.165) is 4.80 Å². The number of halogens is 1. The van der Waals surface area contributed by atoms with E-state index in [2.05, 4.69) is 15.4 Å². The molecule has 0 atom stereocenters. The molecule has 0 spiro atoms. The van der Waals surface area contributed by atoms with E-state index in [-0.39, 0.29) is 0 Å². The van der Waals surface area contributed by atoms with Gasteiger partial charge in [-0.25, -0.2) is 0 Å². The molecular weight excluding hydrogens is 163 g/mol. The second-order valence-electron chi connectivity index (χ2n) is 1.50. The van der Waals surface area contributed by atoms with Crippen molar-refractivity contribution in [2.45, 2.75) is 5.16 Å². The van der Waals surface area contributed by atoms with Gasteiger partial charge in [-0.2, -0.15) is 13.2 Å². The highest BCUT2D eigenvalue weighted by molar-refractivity contribution is 7.86. The Morgan fingerprint density at radius 1 is 1.60 bits per heavy atom. The Hall–Kier alpha value is -1.05. The van der Waals surface area contributed by atoms with Crippen LogP contribution in [0.1, 0.15) is 0 Å². The first kappa shape index (κ1) is 7.06. The SMILES string of the molecule is Cn1nnc(S(=O)(=O)F)n1. The molecule has 1 aromatic heterocycles. The first-order chi connectivity index (χ1) is 4.50. The molecule has 1 heterocycles. The Labute approximate surface area is 55.9 Å². The second kappa shape index (κ2) is 1.97.